The van der Waals surface area contributed by atoms with Gasteiger partial charge in [-0.15, -0.1) is 0 Å². The van der Waals surface area contributed by atoms with E-state index in [9.17, 15) is 9.90 Å². The van der Waals surface area contributed by atoms with Crippen LogP contribution in [0.5, 0.6) is 5.75 Å². The number of nitrogens with one attached hydrogen (secondary N) is 1. The molecule has 1 aromatic heterocycles. The predicted octanol–water partition coefficient (Wildman–Crippen LogP) is 4.79. The van der Waals surface area contributed by atoms with Crippen molar-refractivity contribution in [1.82, 2.24) is 15.2 Å². The van der Waals surface area contributed by atoms with Crippen LogP contribution in [0.2, 0.25) is 0 Å². The van der Waals surface area contributed by atoms with E-state index in [2.05, 4.69) is 15.6 Å². The molecule has 0 aliphatic rings. The van der Waals surface area contributed by atoms with Crippen LogP contribution in [-0.4, -0.2) is 27.0 Å². The summed E-state index contributed by atoms with van der Waals surface area (Å²) in [6.45, 7) is 6.15. The highest BCUT2D eigenvalue weighted by Gasteiger charge is 2.23. The number of carbonyl (C=O) groups is 1. The van der Waals surface area contributed by atoms with Crippen molar-refractivity contribution in [2.24, 2.45) is 5.10 Å². The van der Waals surface area contributed by atoms with Crippen LogP contribution in [0.3, 0.4) is 0 Å². The summed E-state index contributed by atoms with van der Waals surface area (Å²) in [5.74, 6) is -0.288. The van der Waals surface area contributed by atoms with Crippen molar-refractivity contribution in [3.63, 3.8) is 0 Å². The third-order valence-electron chi connectivity index (χ3n) is 5.02. The molecule has 4 aromatic rings. The van der Waals surface area contributed by atoms with Crippen LogP contribution in [0.1, 0.15) is 42.5 Å². The van der Waals surface area contributed by atoms with Crippen LogP contribution >= 0.6 is 0 Å². The Balaban J connectivity index is 1.65. The van der Waals surface area contributed by atoms with Crippen LogP contribution in [0.15, 0.2) is 77.9 Å². The lowest BCUT2D eigenvalue weighted by molar-refractivity contribution is 0.0947. The van der Waals surface area contributed by atoms with Crippen LogP contribution in [-0.2, 0) is 5.41 Å². The van der Waals surface area contributed by atoms with Gasteiger partial charge in [0.25, 0.3) is 5.91 Å². The van der Waals surface area contributed by atoms with Crippen molar-refractivity contribution in [3.8, 4) is 11.4 Å². The molecule has 4 rings (SSSR count). The number of para-hydroxylation sites is 1. The average Bonchev–Trinajstić information content (AvgIpc) is 3.22. The summed E-state index contributed by atoms with van der Waals surface area (Å²) in [4.78, 5) is 13.0. The third kappa shape index (κ3) is 4.19. The normalized spacial score (nSPS) is 11.8. The number of phenolic OH excluding ortho intramolecular Hbond substituents is 1. The summed E-state index contributed by atoms with van der Waals surface area (Å²) < 4.78 is 1.63. The van der Waals surface area contributed by atoms with E-state index in [4.69, 9.17) is 0 Å². The summed E-state index contributed by atoms with van der Waals surface area (Å²) in [7, 11) is 0. The zero-order valence-corrected chi connectivity index (χ0v) is 17.7. The zero-order valence-electron chi connectivity index (χ0n) is 17.7. The molecular weight excluding hydrogens is 388 g/mol. The van der Waals surface area contributed by atoms with E-state index >= 15 is 0 Å². The smallest absolute Gasteiger partial charge is 0.290 e. The van der Waals surface area contributed by atoms with Gasteiger partial charge in [0, 0.05) is 11.0 Å². The van der Waals surface area contributed by atoms with Gasteiger partial charge in [-0.3, -0.25) is 4.79 Å². The molecule has 0 atom stereocenters. The summed E-state index contributed by atoms with van der Waals surface area (Å²) in [5.41, 5.74) is 4.88. The maximum Gasteiger partial charge on any atom is 0.290 e. The molecule has 6 heteroatoms. The van der Waals surface area contributed by atoms with E-state index in [1.807, 2.05) is 81.4 Å². The molecule has 0 saturated heterocycles. The molecule has 156 valence electrons. The molecular formula is C25H24N4O2. The molecule has 0 bridgehead atoms. The lowest BCUT2D eigenvalue weighted by Crippen LogP contribution is -2.21. The van der Waals surface area contributed by atoms with Gasteiger partial charge in [0.15, 0.2) is 0 Å². The Labute approximate surface area is 180 Å². The molecule has 0 unspecified atom stereocenters. The Morgan fingerprint density at radius 2 is 1.74 bits per heavy atom. The Bertz CT molecular complexity index is 1270. The van der Waals surface area contributed by atoms with Crippen LogP contribution in [0.4, 0.5) is 0 Å². The number of nitrogens with zero attached hydrogens (tertiary/aromatic N) is 3. The van der Waals surface area contributed by atoms with Gasteiger partial charge < -0.3 is 5.11 Å². The minimum absolute atomic E-state index is 0.0982. The summed E-state index contributed by atoms with van der Waals surface area (Å²) in [5, 5.41) is 20.9. The summed E-state index contributed by atoms with van der Waals surface area (Å²) in [6, 6.07) is 22.4. The van der Waals surface area contributed by atoms with E-state index in [1.165, 1.54) is 6.21 Å². The lowest BCUT2D eigenvalue weighted by atomic mass is 9.92. The number of hydrogen-bond acceptors (Lipinski definition) is 4. The molecule has 2 N–H and O–H groups in total. The number of carbonyl (C=O) groups excluding carboxylic acids is 1. The first-order valence-corrected chi connectivity index (χ1v) is 10.0. The second-order valence-corrected chi connectivity index (χ2v) is 8.33. The summed E-state index contributed by atoms with van der Waals surface area (Å²) >= 11 is 0. The van der Waals surface area contributed by atoms with Gasteiger partial charge in [-0.2, -0.15) is 10.2 Å². The number of hydrogen-bond donors (Lipinski definition) is 2. The van der Waals surface area contributed by atoms with Crippen molar-refractivity contribution >= 4 is 22.9 Å². The second kappa shape index (κ2) is 8.07. The van der Waals surface area contributed by atoms with E-state index in [0.717, 1.165) is 22.2 Å². The number of amides is 1. The standard InChI is InChI=1S/C25H24N4O2/c1-25(2,3)23-15-21(29(28-23)18-10-5-4-6-11-18)24(31)27-26-16-20-19-12-8-7-9-17(19)13-14-22(20)30/h4-16,30H,1-3H3,(H,27,31)/b26-16-. The van der Waals surface area contributed by atoms with E-state index in [1.54, 1.807) is 16.8 Å². The first-order valence-electron chi connectivity index (χ1n) is 10.0. The molecule has 1 amide bonds. The minimum Gasteiger partial charge on any atom is -0.507 e. The van der Waals surface area contributed by atoms with Gasteiger partial charge in [0.05, 0.1) is 17.6 Å². The number of rotatable bonds is 4. The molecule has 0 radical (unpaired) electrons. The van der Waals surface area contributed by atoms with Crippen LogP contribution in [0, 0.1) is 0 Å². The molecule has 31 heavy (non-hydrogen) atoms. The Hall–Kier alpha value is -3.93. The highest BCUT2D eigenvalue weighted by Crippen LogP contribution is 2.26. The lowest BCUT2D eigenvalue weighted by Gasteiger charge is -2.14. The molecule has 0 saturated carbocycles. The van der Waals surface area contributed by atoms with Gasteiger partial charge in [-0.25, -0.2) is 10.1 Å². The van der Waals surface area contributed by atoms with E-state index in [-0.39, 0.29) is 17.1 Å². The minimum atomic E-state index is -0.386. The molecule has 0 fully saturated rings. The van der Waals surface area contributed by atoms with Crippen molar-refractivity contribution in [2.75, 3.05) is 0 Å². The van der Waals surface area contributed by atoms with Crippen LogP contribution in [0.25, 0.3) is 16.5 Å². The maximum absolute atomic E-state index is 13.0. The number of benzene rings is 3. The molecule has 0 spiro atoms. The summed E-state index contributed by atoms with van der Waals surface area (Å²) in [6.07, 6.45) is 1.46. The van der Waals surface area contributed by atoms with E-state index < -0.39 is 0 Å². The molecule has 0 aliphatic carbocycles. The topological polar surface area (TPSA) is 79.5 Å². The fourth-order valence-corrected chi connectivity index (χ4v) is 3.31. The fraction of sp³-hybridized carbons (Fsp3) is 0.160. The Kier molecular flexibility index (Phi) is 5.29. The Morgan fingerprint density at radius 1 is 1.03 bits per heavy atom. The maximum atomic E-state index is 13.0. The highest BCUT2D eigenvalue weighted by molar-refractivity contribution is 6.03. The van der Waals surface area contributed by atoms with Gasteiger partial charge in [0.2, 0.25) is 0 Å². The van der Waals surface area contributed by atoms with Crippen molar-refractivity contribution in [1.29, 1.82) is 0 Å². The number of phenols is 1. The number of fused-ring (bicyclic) bond motifs is 1. The monoisotopic (exact) mass is 412 g/mol. The second-order valence-electron chi connectivity index (χ2n) is 8.33. The molecule has 6 nitrogen and oxygen atoms in total. The number of aromatic hydroxyl groups is 1. The van der Waals surface area contributed by atoms with Crippen molar-refractivity contribution in [2.45, 2.75) is 26.2 Å². The first-order chi connectivity index (χ1) is 14.8. The van der Waals surface area contributed by atoms with E-state index in [0.29, 0.717) is 11.3 Å². The fourth-order valence-electron chi connectivity index (χ4n) is 3.31. The quantitative estimate of drug-likeness (QED) is 0.373. The number of hydrazone groups is 1. The molecule has 1 heterocycles. The predicted molar refractivity (Wildman–Crippen MR) is 123 cm³/mol. The van der Waals surface area contributed by atoms with Crippen molar-refractivity contribution < 1.29 is 9.90 Å². The zero-order chi connectivity index (χ0) is 22.0. The molecule has 3 aromatic carbocycles. The van der Waals surface area contributed by atoms with Gasteiger partial charge in [-0.1, -0.05) is 69.3 Å². The highest BCUT2D eigenvalue weighted by atomic mass is 16.3. The van der Waals surface area contributed by atoms with Gasteiger partial charge in [0.1, 0.15) is 11.4 Å². The molecule has 0 aliphatic heterocycles. The average molecular weight is 412 g/mol. The van der Waals surface area contributed by atoms with Gasteiger partial charge >= 0.3 is 0 Å². The first kappa shape index (κ1) is 20.3. The SMILES string of the molecule is CC(C)(C)c1cc(C(=O)N/N=C\c2c(O)ccc3ccccc23)n(-c2ccccc2)n1. The Morgan fingerprint density at radius 3 is 2.48 bits per heavy atom. The van der Waals surface area contributed by atoms with Crippen molar-refractivity contribution in [3.05, 3.63) is 89.7 Å². The number of aromatic nitrogens is 2. The van der Waals surface area contributed by atoms with Crippen LogP contribution < -0.4 is 5.43 Å². The van der Waals surface area contributed by atoms with Gasteiger partial charge in [-0.05, 0) is 35.0 Å². The third-order valence-corrected chi connectivity index (χ3v) is 5.02. The largest absolute Gasteiger partial charge is 0.507 e.